The molecule has 2 N–H and O–H groups in total. The number of anilines is 2. The largest absolute Gasteiger partial charge is 0.372 e. The lowest BCUT2D eigenvalue weighted by atomic mass is 9.89. The summed E-state index contributed by atoms with van der Waals surface area (Å²) in [5, 5.41) is 7.43. The van der Waals surface area contributed by atoms with Crippen LogP contribution in [-0.4, -0.2) is 18.6 Å². The lowest BCUT2D eigenvalue weighted by molar-refractivity contribution is 0.361. The van der Waals surface area contributed by atoms with Gasteiger partial charge in [-0.2, -0.15) is 0 Å². The van der Waals surface area contributed by atoms with E-state index in [2.05, 4.69) is 22.5 Å². The summed E-state index contributed by atoms with van der Waals surface area (Å²) < 4.78 is 0. The van der Waals surface area contributed by atoms with Gasteiger partial charge in [0, 0.05) is 13.6 Å². The van der Waals surface area contributed by atoms with Crippen molar-refractivity contribution in [1.29, 1.82) is 0 Å². The first kappa shape index (κ1) is 13.8. The molecule has 5 heteroatoms. The number of hydrogen-bond acceptors (Lipinski definition) is 3. The highest BCUT2D eigenvalue weighted by Gasteiger charge is 2.28. The molecule has 0 radical (unpaired) electrons. The van der Waals surface area contributed by atoms with E-state index in [1.54, 1.807) is 13.1 Å². The fourth-order valence-electron chi connectivity index (χ4n) is 2.47. The van der Waals surface area contributed by atoms with E-state index in [9.17, 15) is 0 Å². The summed E-state index contributed by atoms with van der Waals surface area (Å²) in [5.74, 6) is 1.36. The minimum absolute atomic E-state index is 0.366. The molecule has 0 bridgehead atoms. The van der Waals surface area contributed by atoms with Crippen LogP contribution in [0, 0.1) is 5.41 Å². The molecule has 3 nitrogen and oxygen atoms in total. The molecule has 1 aliphatic rings. The molecule has 100 valence electrons. The number of hydrogen-bond donors (Lipinski definition) is 2. The third-order valence-electron chi connectivity index (χ3n) is 3.66. The van der Waals surface area contributed by atoms with E-state index in [1.807, 2.05) is 0 Å². The zero-order valence-electron chi connectivity index (χ0n) is 10.8. The van der Waals surface area contributed by atoms with Gasteiger partial charge in [-0.15, -0.1) is 0 Å². The number of halogens is 2. The van der Waals surface area contributed by atoms with Crippen molar-refractivity contribution in [3.05, 3.63) is 16.1 Å². The normalized spacial score (nSPS) is 17.8. The van der Waals surface area contributed by atoms with Crippen molar-refractivity contribution in [2.24, 2.45) is 5.41 Å². The van der Waals surface area contributed by atoms with Crippen LogP contribution in [0.1, 0.15) is 32.6 Å². The van der Waals surface area contributed by atoms with Crippen LogP contribution in [0.3, 0.4) is 0 Å². The average molecular weight is 288 g/mol. The Hall–Kier alpha value is -0.670. The molecule has 0 spiro atoms. The molecule has 1 saturated carbocycles. The van der Waals surface area contributed by atoms with Crippen molar-refractivity contribution in [3.63, 3.8) is 0 Å². The van der Waals surface area contributed by atoms with Crippen LogP contribution in [0.25, 0.3) is 0 Å². The topological polar surface area (TPSA) is 37.0 Å². The summed E-state index contributed by atoms with van der Waals surface area (Å²) in [7, 11) is 1.80. The molecule has 0 amide bonds. The summed E-state index contributed by atoms with van der Waals surface area (Å²) in [6.45, 7) is 3.22. The second-order valence-corrected chi connectivity index (χ2v) is 6.08. The van der Waals surface area contributed by atoms with Gasteiger partial charge < -0.3 is 10.6 Å². The molecule has 2 rings (SSSR count). The average Bonchev–Trinajstić information content (AvgIpc) is 2.76. The minimum atomic E-state index is 0.366. The highest BCUT2D eigenvalue weighted by molar-refractivity contribution is 6.37. The molecular formula is C13H19Cl2N3. The van der Waals surface area contributed by atoms with Crippen LogP contribution < -0.4 is 10.6 Å². The third kappa shape index (κ3) is 3.01. The highest BCUT2D eigenvalue weighted by Crippen LogP contribution is 2.38. The summed E-state index contributed by atoms with van der Waals surface area (Å²) >= 11 is 12.2. The van der Waals surface area contributed by atoms with Crippen LogP contribution in [0.4, 0.5) is 11.6 Å². The molecule has 0 aliphatic heterocycles. The molecule has 1 aliphatic carbocycles. The minimum Gasteiger partial charge on any atom is -0.372 e. The van der Waals surface area contributed by atoms with Gasteiger partial charge in [-0.05, 0) is 24.3 Å². The Bertz CT molecular complexity index is 428. The van der Waals surface area contributed by atoms with Crippen molar-refractivity contribution >= 4 is 34.8 Å². The zero-order valence-corrected chi connectivity index (χ0v) is 12.3. The van der Waals surface area contributed by atoms with Crippen LogP contribution in [0.15, 0.2) is 6.07 Å². The van der Waals surface area contributed by atoms with Gasteiger partial charge >= 0.3 is 0 Å². The van der Waals surface area contributed by atoms with Gasteiger partial charge in [-0.1, -0.05) is 43.0 Å². The van der Waals surface area contributed by atoms with E-state index in [4.69, 9.17) is 23.2 Å². The van der Waals surface area contributed by atoms with E-state index in [0.717, 1.165) is 6.54 Å². The molecule has 1 aromatic rings. The van der Waals surface area contributed by atoms with E-state index >= 15 is 0 Å². The standard InChI is InChI=1S/C13H19Cl2N3/c1-13(5-3-4-6-13)8-17-12-10(15)7-9(14)11(16-2)18-12/h7H,3-6,8H2,1-2H3,(H2,16,17,18). The molecule has 18 heavy (non-hydrogen) atoms. The molecule has 0 aromatic carbocycles. The number of nitrogens with one attached hydrogen (secondary N) is 2. The van der Waals surface area contributed by atoms with Gasteiger partial charge in [0.2, 0.25) is 0 Å². The highest BCUT2D eigenvalue weighted by atomic mass is 35.5. The number of aromatic nitrogens is 1. The maximum atomic E-state index is 6.15. The van der Waals surface area contributed by atoms with Crippen molar-refractivity contribution in [3.8, 4) is 0 Å². The molecule has 0 unspecified atom stereocenters. The van der Waals surface area contributed by atoms with Gasteiger partial charge in [0.25, 0.3) is 0 Å². The Morgan fingerprint density at radius 2 is 1.83 bits per heavy atom. The fraction of sp³-hybridized carbons (Fsp3) is 0.615. The summed E-state index contributed by atoms with van der Waals surface area (Å²) in [6.07, 6.45) is 5.18. The number of rotatable bonds is 4. The van der Waals surface area contributed by atoms with E-state index < -0.39 is 0 Å². The van der Waals surface area contributed by atoms with Gasteiger partial charge in [0.15, 0.2) is 0 Å². The molecule has 0 saturated heterocycles. The summed E-state index contributed by atoms with van der Waals surface area (Å²) in [4.78, 5) is 4.40. The molecular weight excluding hydrogens is 269 g/mol. The number of pyridine rings is 1. The molecule has 1 heterocycles. The van der Waals surface area contributed by atoms with Crippen LogP contribution >= 0.6 is 23.2 Å². The quantitative estimate of drug-likeness (QED) is 0.861. The predicted octanol–water partition coefficient (Wildman–Crippen LogP) is 4.42. The monoisotopic (exact) mass is 287 g/mol. The van der Waals surface area contributed by atoms with Gasteiger partial charge in [0.05, 0.1) is 10.0 Å². The zero-order chi connectivity index (χ0) is 13.2. The lowest BCUT2D eigenvalue weighted by Gasteiger charge is -2.24. The van der Waals surface area contributed by atoms with Crippen molar-refractivity contribution in [2.75, 3.05) is 24.2 Å². The van der Waals surface area contributed by atoms with E-state index in [-0.39, 0.29) is 0 Å². The fourth-order valence-corrected chi connectivity index (χ4v) is 2.99. The van der Waals surface area contributed by atoms with Crippen LogP contribution in [0.2, 0.25) is 10.0 Å². The molecule has 1 aromatic heterocycles. The SMILES string of the molecule is CNc1nc(NCC2(C)CCCC2)c(Cl)cc1Cl. The summed E-state index contributed by atoms with van der Waals surface area (Å²) in [6, 6.07) is 1.72. The maximum Gasteiger partial charge on any atom is 0.147 e. The van der Waals surface area contributed by atoms with Crippen LogP contribution in [0.5, 0.6) is 0 Å². The van der Waals surface area contributed by atoms with Crippen molar-refractivity contribution in [2.45, 2.75) is 32.6 Å². The predicted molar refractivity (Wildman–Crippen MR) is 78.9 cm³/mol. The van der Waals surface area contributed by atoms with Gasteiger partial charge in [-0.25, -0.2) is 4.98 Å². The smallest absolute Gasteiger partial charge is 0.147 e. The van der Waals surface area contributed by atoms with E-state index in [1.165, 1.54) is 25.7 Å². The number of nitrogens with zero attached hydrogens (tertiary/aromatic N) is 1. The van der Waals surface area contributed by atoms with Gasteiger partial charge in [-0.3, -0.25) is 0 Å². The van der Waals surface area contributed by atoms with E-state index in [0.29, 0.717) is 27.1 Å². The van der Waals surface area contributed by atoms with Gasteiger partial charge in [0.1, 0.15) is 11.6 Å². The molecule has 0 atom stereocenters. The Balaban J connectivity index is 2.09. The first-order valence-corrected chi connectivity index (χ1v) is 7.07. The lowest BCUT2D eigenvalue weighted by Crippen LogP contribution is -2.23. The van der Waals surface area contributed by atoms with Crippen molar-refractivity contribution in [1.82, 2.24) is 4.98 Å². The summed E-state index contributed by atoms with van der Waals surface area (Å²) in [5.41, 5.74) is 0.366. The first-order valence-electron chi connectivity index (χ1n) is 6.32. The second kappa shape index (κ2) is 5.54. The Kier molecular flexibility index (Phi) is 4.23. The van der Waals surface area contributed by atoms with Crippen LogP contribution in [-0.2, 0) is 0 Å². The molecule has 1 fully saturated rings. The first-order chi connectivity index (χ1) is 8.54. The Morgan fingerprint density at radius 1 is 1.22 bits per heavy atom. The Morgan fingerprint density at radius 3 is 2.44 bits per heavy atom. The van der Waals surface area contributed by atoms with Crippen molar-refractivity contribution < 1.29 is 0 Å². The Labute approximate surface area is 118 Å². The maximum absolute atomic E-state index is 6.15. The third-order valence-corrected chi connectivity index (χ3v) is 4.24. The second-order valence-electron chi connectivity index (χ2n) is 5.27.